The molecule has 0 amide bonds. The van der Waals surface area contributed by atoms with Crippen LogP contribution in [0.4, 0.5) is 0 Å². The first kappa shape index (κ1) is 16.9. The van der Waals surface area contributed by atoms with Crippen LogP contribution < -0.4 is 4.74 Å². The third-order valence-electron chi connectivity index (χ3n) is 4.13. The van der Waals surface area contributed by atoms with Crippen molar-refractivity contribution in [1.29, 1.82) is 0 Å². The van der Waals surface area contributed by atoms with Crippen molar-refractivity contribution in [3.8, 4) is 5.75 Å². The predicted molar refractivity (Wildman–Crippen MR) is 90.8 cm³/mol. The highest BCUT2D eigenvalue weighted by Gasteiger charge is 2.27. The van der Waals surface area contributed by atoms with Crippen LogP contribution in [0, 0.1) is 12.3 Å². The van der Waals surface area contributed by atoms with Gasteiger partial charge in [-0.05, 0) is 51.0 Å². The minimum Gasteiger partial charge on any atom is -0.426 e. The van der Waals surface area contributed by atoms with E-state index in [1.54, 1.807) is 30.3 Å². The van der Waals surface area contributed by atoms with Crippen LogP contribution in [0.1, 0.15) is 48.7 Å². The van der Waals surface area contributed by atoms with Crippen LogP contribution in [-0.4, -0.2) is 11.8 Å². The maximum atomic E-state index is 12.5. The van der Waals surface area contributed by atoms with E-state index >= 15 is 0 Å². The Morgan fingerprint density at radius 2 is 1.70 bits per heavy atom. The van der Waals surface area contributed by atoms with Crippen LogP contribution in [-0.2, 0) is 4.79 Å². The van der Waals surface area contributed by atoms with Crippen molar-refractivity contribution in [2.45, 2.75) is 34.1 Å². The van der Waals surface area contributed by atoms with Gasteiger partial charge in [-0.3, -0.25) is 9.59 Å². The minimum absolute atomic E-state index is 0.0325. The molecule has 0 N–H and O–H groups in total. The van der Waals surface area contributed by atoms with E-state index < -0.39 is 5.41 Å². The molecule has 0 aromatic heterocycles. The number of ketones is 1. The Morgan fingerprint density at radius 1 is 1.04 bits per heavy atom. The smallest absolute Gasteiger partial charge is 0.316 e. The van der Waals surface area contributed by atoms with Crippen LogP contribution in [0.5, 0.6) is 5.75 Å². The van der Waals surface area contributed by atoms with Gasteiger partial charge in [-0.1, -0.05) is 37.3 Å². The maximum absolute atomic E-state index is 12.5. The molecule has 3 heteroatoms. The number of rotatable bonds is 5. The van der Waals surface area contributed by atoms with Crippen LogP contribution in [0.3, 0.4) is 0 Å². The van der Waals surface area contributed by atoms with Crippen molar-refractivity contribution in [2.24, 2.45) is 5.41 Å². The number of aryl methyl sites for hydroxylation is 1. The molecule has 2 rings (SSSR count). The van der Waals surface area contributed by atoms with Gasteiger partial charge in [0.05, 0.1) is 5.41 Å². The summed E-state index contributed by atoms with van der Waals surface area (Å²) in [6.07, 6.45) is 0.704. The Hall–Kier alpha value is -2.42. The summed E-state index contributed by atoms with van der Waals surface area (Å²) in [5.41, 5.74) is 1.53. The molecule has 2 aromatic carbocycles. The second-order valence-electron chi connectivity index (χ2n) is 6.30. The van der Waals surface area contributed by atoms with Crippen LogP contribution >= 0.6 is 0 Å². The summed E-state index contributed by atoms with van der Waals surface area (Å²) < 4.78 is 5.44. The van der Waals surface area contributed by atoms with Gasteiger partial charge >= 0.3 is 5.97 Å². The number of carbonyl (C=O) groups is 2. The van der Waals surface area contributed by atoms with E-state index in [4.69, 9.17) is 4.74 Å². The van der Waals surface area contributed by atoms with E-state index in [-0.39, 0.29) is 11.8 Å². The van der Waals surface area contributed by atoms with Gasteiger partial charge in [0.25, 0.3) is 0 Å². The molecule has 0 heterocycles. The molecular formula is C20H22O3. The number of hydrogen-bond donors (Lipinski definition) is 0. The lowest BCUT2D eigenvalue weighted by Crippen LogP contribution is -2.28. The quantitative estimate of drug-likeness (QED) is 0.461. The number of esters is 1. The SMILES string of the molecule is CCC(C)(C)C(=O)Oc1ccc(C(=O)c2ccccc2)c(C)c1. The molecule has 0 aliphatic heterocycles. The van der Waals surface area contributed by atoms with Gasteiger partial charge < -0.3 is 4.74 Å². The molecule has 0 saturated heterocycles. The second kappa shape index (κ2) is 6.78. The van der Waals surface area contributed by atoms with E-state index in [0.717, 1.165) is 5.56 Å². The Kier molecular flexibility index (Phi) is 4.99. The number of carbonyl (C=O) groups excluding carboxylic acids is 2. The largest absolute Gasteiger partial charge is 0.426 e. The summed E-state index contributed by atoms with van der Waals surface area (Å²) in [7, 11) is 0. The van der Waals surface area contributed by atoms with Crippen molar-refractivity contribution < 1.29 is 14.3 Å². The highest BCUT2D eigenvalue weighted by Crippen LogP contribution is 2.25. The molecule has 3 nitrogen and oxygen atoms in total. The molecule has 0 aliphatic rings. The third kappa shape index (κ3) is 3.86. The van der Waals surface area contributed by atoms with Crippen LogP contribution in [0.25, 0.3) is 0 Å². The maximum Gasteiger partial charge on any atom is 0.316 e. The van der Waals surface area contributed by atoms with Crippen molar-refractivity contribution in [3.05, 3.63) is 65.2 Å². The van der Waals surface area contributed by atoms with E-state index in [1.165, 1.54) is 0 Å². The molecule has 0 unspecified atom stereocenters. The Balaban J connectivity index is 2.22. The van der Waals surface area contributed by atoms with E-state index in [1.807, 2.05) is 45.9 Å². The number of benzene rings is 2. The molecule has 0 saturated carbocycles. The predicted octanol–water partition coefficient (Wildman–Crippen LogP) is 4.57. The zero-order chi connectivity index (χ0) is 17.0. The summed E-state index contributed by atoms with van der Waals surface area (Å²) >= 11 is 0. The summed E-state index contributed by atoms with van der Waals surface area (Å²) in [5, 5.41) is 0. The zero-order valence-corrected chi connectivity index (χ0v) is 14.1. The fraction of sp³-hybridized carbons (Fsp3) is 0.300. The molecule has 0 fully saturated rings. The van der Waals surface area contributed by atoms with Gasteiger partial charge in [0.2, 0.25) is 0 Å². The highest BCUT2D eigenvalue weighted by molar-refractivity contribution is 6.09. The monoisotopic (exact) mass is 310 g/mol. The average molecular weight is 310 g/mol. The Bertz CT molecular complexity index is 715. The van der Waals surface area contributed by atoms with Gasteiger partial charge in [-0.25, -0.2) is 0 Å². The van der Waals surface area contributed by atoms with E-state index in [0.29, 0.717) is 23.3 Å². The molecule has 2 aromatic rings. The summed E-state index contributed by atoms with van der Waals surface area (Å²) in [4.78, 5) is 24.6. The third-order valence-corrected chi connectivity index (χ3v) is 4.13. The van der Waals surface area contributed by atoms with Crippen molar-refractivity contribution in [3.63, 3.8) is 0 Å². The topological polar surface area (TPSA) is 43.4 Å². The lowest BCUT2D eigenvalue weighted by atomic mass is 9.90. The molecule has 0 atom stereocenters. The van der Waals surface area contributed by atoms with Gasteiger partial charge in [0, 0.05) is 11.1 Å². The molecule has 23 heavy (non-hydrogen) atoms. The molecular weight excluding hydrogens is 288 g/mol. The van der Waals surface area contributed by atoms with Gasteiger partial charge in [0.1, 0.15) is 5.75 Å². The normalized spacial score (nSPS) is 11.1. The summed E-state index contributed by atoms with van der Waals surface area (Å²) in [6.45, 7) is 7.51. The first-order valence-corrected chi connectivity index (χ1v) is 7.78. The van der Waals surface area contributed by atoms with E-state index in [9.17, 15) is 9.59 Å². The summed E-state index contributed by atoms with van der Waals surface area (Å²) in [6, 6.07) is 14.3. The van der Waals surface area contributed by atoms with Crippen molar-refractivity contribution in [2.75, 3.05) is 0 Å². The van der Waals surface area contributed by atoms with Crippen LogP contribution in [0.2, 0.25) is 0 Å². The molecule has 0 bridgehead atoms. The lowest BCUT2D eigenvalue weighted by Gasteiger charge is -2.20. The Labute approximate surface area is 137 Å². The van der Waals surface area contributed by atoms with E-state index in [2.05, 4.69) is 0 Å². The average Bonchev–Trinajstić information content (AvgIpc) is 2.55. The number of hydrogen-bond acceptors (Lipinski definition) is 3. The second-order valence-corrected chi connectivity index (χ2v) is 6.30. The van der Waals surface area contributed by atoms with Gasteiger partial charge in [-0.15, -0.1) is 0 Å². The van der Waals surface area contributed by atoms with Gasteiger partial charge in [0.15, 0.2) is 5.78 Å². The fourth-order valence-electron chi connectivity index (χ4n) is 2.09. The Morgan fingerprint density at radius 3 is 2.26 bits per heavy atom. The fourth-order valence-corrected chi connectivity index (χ4v) is 2.09. The highest BCUT2D eigenvalue weighted by atomic mass is 16.5. The van der Waals surface area contributed by atoms with Crippen LogP contribution in [0.15, 0.2) is 48.5 Å². The van der Waals surface area contributed by atoms with Gasteiger partial charge in [-0.2, -0.15) is 0 Å². The molecule has 0 spiro atoms. The van der Waals surface area contributed by atoms with Crippen molar-refractivity contribution >= 4 is 11.8 Å². The minimum atomic E-state index is -0.521. The first-order valence-electron chi connectivity index (χ1n) is 7.78. The molecule has 120 valence electrons. The standard InChI is InChI=1S/C20H22O3/c1-5-20(3,4)19(22)23-16-11-12-17(14(2)13-16)18(21)15-9-7-6-8-10-15/h6-13H,5H2,1-4H3. The molecule has 0 radical (unpaired) electrons. The number of ether oxygens (including phenoxy) is 1. The first-order chi connectivity index (χ1) is 10.8. The summed E-state index contributed by atoms with van der Waals surface area (Å²) in [5.74, 6) is 0.176. The van der Waals surface area contributed by atoms with Crippen molar-refractivity contribution in [1.82, 2.24) is 0 Å². The molecule has 0 aliphatic carbocycles. The zero-order valence-electron chi connectivity index (χ0n) is 14.1. The lowest BCUT2D eigenvalue weighted by molar-refractivity contribution is -0.144.